The van der Waals surface area contributed by atoms with Crippen LogP contribution in [0.1, 0.15) is 38.8 Å². The van der Waals surface area contributed by atoms with E-state index in [4.69, 9.17) is 40.9 Å². The number of phenols is 2. The zero-order chi connectivity index (χ0) is 34.5. The first kappa shape index (κ1) is 42.7. The number of carboxylic acid groups (broad SMARTS) is 4. The van der Waals surface area contributed by atoms with E-state index < -0.39 is 49.3 Å². The molecule has 43 heavy (non-hydrogen) atoms. The van der Waals surface area contributed by atoms with E-state index in [0.29, 0.717) is 0 Å². The molecule has 10 N–H and O–H groups in total. The van der Waals surface area contributed by atoms with Crippen molar-refractivity contribution in [2.45, 2.75) is 45.3 Å². The van der Waals surface area contributed by atoms with Gasteiger partial charge in [0.15, 0.2) is 12.2 Å². The number of carboxylic acids is 4. The smallest absolute Gasteiger partial charge is 0.334 e. The molecular weight excluding hydrogens is 572 g/mol. The Bertz CT molecular complexity index is 1050. The number of aliphatic hydroxyl groups is 4. The van der Waals surface area contributed by atoms with Gasteiger partial charge in [-0.2, -0.15) is 0 Å². The zero-order valence-corrected chi connectivity index (χ0v) is 24.2. The van der Waals surface area contributed by atoms with Gasteiger partial charge < -0.3 is 51.1 Å². The molecule has 0 aliphatic heterocycles. The summed E-state index contributed by atoms with van der Waals surface area (Å²) in [6, 6.07) is 14.4. The van der Waals surface area contributed by atoms with E-state index in [-0.39, 0.29) is 28.1 Å². The van der Waals surface area contributed by atoms with Crippen LogP contribution in [-0.4, -0.2) is 100 Å². The third-order valence-corrected chi connectivity index (χ3v) is 4.82. The van der Waals surface area contributed by atoms with Crippen molar-refractivity contribution in [1.82, 2.24) is 0 Å². The number of carbonyl (C=O) groups is 4. The van der Waals surface area contributed by atoms with Gasteiger partial charge in [0, 0.05) is 16.6 Å². The van der Waals surface area contributed by atoms with Crippen molar-refractivity contribution >= 4 is 23.9 Å². The summed E-state index contributed by atoms with van der Waals surface area (Å²) in [5.74, 6) is -4.12. The molecule has 14 heteroatoms. The van der Waals surface area contributed by atoms with Crippen LogP contribution in [-0.2, 0) is 24.6 Å². The van der Waals surface area contributed by atoms with Gasteiger partial charge in [-0.15, -0.1) is 0 Å². The normalized spacial score (nSPS) is 11.0. The highest BCUT2D eigenvalue weighted by molar-refractivity contribution is 5.85. The molecule has 2 aromatic rings. The minimum atomic E-state index is -1.63. The molecule has 0 amide bonds. The number of phenolic OH excluding ortho intramolecular Hbond substituents is 2. The molecule has 0 saturated heterocycles. The fourth-order valence-corrected chi connectivity index (χ4v) is 2.08. The van der Waals surface area contributed by atoms with Gasteiger partial charge in [0.2, 0.25) is 0 Å². The minimum absolute atomic E-state index is 0.151. The summed E-state index contributed by atoms with van der Waals surface area (Å²) in [4.78, 5) is 38.2. The van der Waals surface area contributed by atoms with Crippen LogP contribution in [0.25, 0.3) is 0 Å². The predicted molar refractivity (Wildman–Crippen MR) is 155 cm³/mol. The van der Waals surface area contributed by atoms with E-state index >= 15 is 0 Å². The molecule has 240 valence electrons. The first-order chi connectivity index (χ1) is 19.6. The van der Waals surface area contributed by atoms with E-state index in [9.17, 15) is 29.4 Å². The maximum Gasteiger partial charge on any atom is 0.334 e. The molecule has 0 heterocycles. The Morgan fingerprint density at radius 3 is 0.953 bits per heavy atom. The summed E-state index contributed by atoms with van der Waals surface area (Å²) in [7, 11) is 0. The van der Waals surface area contributed by atoms with Gasteiger partial charge in [0.05, 0.1) is 13.2 Å². The van der Waals surface area contributed by atoms with Gasteiger partial charge >= 0.3 is 23.9 Å². The second-order valence-corrected chi connectivity index (χ2v) is 8.96. The summed E-state index contributed by atoms with van der Waals surface area (Å²) in [6.07, 6.45) is -3.25. The van der Waals surface area contributed by atoms with E-state index in [1.165, 1.54) is 13.8 Å². The van der Waals surface area contributed by atoms with E-state index in [2.05, 4.69) is 27.0 Å². The van der Waals surface area contributed by atoms with E-state index in [1.807, 2.05) is 24.3 Å². The number of rotatable bonds is 8. The molecule has 2 rings (SSSR count). The number of hydrogen-bond donors (Lipinski definition) is 10. The SMILES string of the molecule is C=C(C)C(=O)O.C=C(C)C(=O)O.CC(C)(c1ccc(O)cc1)c1ccc(O)cc1.O=C(O)C(O)CO.O=C(O)C(O)CO. The summed E-state index contributed by atoms with van der Waals surface area (Å²) < 4.78 is 0. The number of hydrogen-bond acceptors (Lipinski definition) is 10. The average Bonchev–Trinajstić information content (AvgIpc) is 2.93. The molecule has 0 bridgehead atoms. The maximum atomic E-state index is 9.60. The number of benzene rings is 2. The molecule has 0 radical (unpaired) electrons. The fraction of sp³-hybridized carbons (Fsp3) is 0.310. The van der Waals surface area contributed by atoms with Crippen molar-refractivity contribution in [3.8, 4) is 11.5 Å². The van der Waals surface area contributed by atoms with Crippen LogP contribution in [0.4, 0.5) is 0 Å². The molecule has 2 atom stereocenters. The third-order valence-electron chi connectivity index (χ3n) is 4.82. The number of aromatic hydroxyl groups is 2. The topological polar surface area (TPSA) is 271 Å². The first-order valence-electron chi connectivity index (χ1n) is 12.1. The Morgan fingerprint density at radius 2 is 0.837 bits per heavy atom. The summed E-state index contributed by atoms with van der Waals surface area (Å²) in [6.45, 7) is 12.0. The average molecular weight is 613 g/mol. The molecule has 14 nitrogen and oxygen atoms in total. The van der Waals surface area contributed by atoms with Crippen LogP contribution in [0.3, 0.4) is 0 Å². The largest absolute Gasteiger partial charge is 0.508 e. The van der Waals surface area contributed by atoms with Crippen LogP contribution < -0.4 is 0 Å². The Balaban J connectivity index is -0.000000518. The molecule has 0 aliphatic carbocycles. The van der Waals surface area contributed by atoms with Crippen LogP contribution in [0, 0.1) is 0 Å². The molecule has 0 aromatic heterocycles. The van der Waals surface area contributed by atoms with Gasteiger partial charge in [-0.05, 0) is 49.2 Å². The summed E-state index contributed by atoms with van der Waals surface area (Å²) >= 11 is 0. The van der Waals surface area contributed by atoms with Crippen molar-refractivity contribution in [3.63, 3.8) is 0 Å². The highest BCUT2D eigenvalue weighted by Gasteiger charge is 2.22. The van der Waals surface area contributed by atoms with Crippen molar-refractivity contribution < 1.29 is 70.2 Å². The molecule has 0 fully saturated rings. The lowest BCUT2D eigenvalue weighted by Crippen LogP contribution is -2.22. The highest BCUT2D eigenvalue weighted by atomic mass is 16.4. The van der Waals surface area contributed by atoms with Crippen molar-refractivity contribution in [2.75, 3.05) is 13.2 Å². The molecule has 2 unspecified atom stereocenters. The van der Waals surface area contributed by atoms with Gasteiger partial charge in [0.25, 0.3) is 0 Å². The zero-order valence-electron chi connectivity index (χ0n) is 24.2. The minimum Gasteiger partial charge on any atom is -0.508 e. The van der Waals surface area contributed by atoms with E-state index in [0.717, 1.165) is 11.1 Å². The highest BCUT2D eigenvalue weighted by Crippen LogP contribution is 2.32. The molecule has 0 aliphatic rings. The van der Waals surface area contributed by atoms with Crippen LogP contribution in [0.5, 0.6) is 11.5 Å². The summed E-state index contributed by atoms with van der Waals surface area (Å²) in [5, 5.41) is 81.8. The standard InChI is InChI=1S/C15H16O2.2C4H6O2.2C3H6O4/c1-15(2,11-3-7-13(16)8-4-11)12-5-9-14(17)10-6-12;2*1-3(2)4(5)6;2*4-1-2(5)3(6)7/h3-10,16-17H,1-2H3;2*1H2,2H3,(H,5,6);2*2,4-5H,1H2,(H,6,7). The Hall–Kier alpha value is -4.76. The van der Waals surface area contributed by atoms with Gasteiger partial charge in [-0.25, -0.2) is 19.2 Å². The fourth-order valence-electron chi connectivity index (χ4n) is 2.08. The first-order valence-corrected chi connectivity index (χ1v) is 12.1. The summed E-state index contributed by atoms with van der Waals surface area (Å²) in [5.41, 5.74) is 2.45. The van der Waals surface area contributed by atoms with E-state index in [1.54, 1.807) is 24.3 Å². The van der Waals surface area contributed by atoms with Crippen LogP contribution in [0.2, 0.25) is 0 Å². The van der Waals surface area contributed by atoms with Gasteiger partial charge in [0.1, 0.15) is 11.5 Å². The van der Waals surface area contributed by atoms with Gasteiger partial charge in [-0.3, -0.25) is 0 Å². The molecule has 0 spiro atoms. The van der Waals surface area contributed by atoms with Gasteiger partial charge in [-0.1, -0.05) is 51.3 Å². The lowest BCUT2D eigenvalue weighted by atomic mass is 9.78. The number of aliphatic carboxylic acids is 4. The molecule has 0 saturated carbocycles. The second-order valence-electron chi connectivity index (χ2n) is 8.96. The van der Waals surface area contributed by atoms with Crippen molar-refractivity contribution in [3.05, 3.63) is 84.0 Å². The van der Waals surface area contributed by atoms with Crippen molar-refractivity contribution in [2.24, 2.45) is 0 Å². The lowest BCUT2D eigenvalue weighted by Gasteiger charge is -2.26. The van der Waals surface area contributed by atoms with Crippen LogP contribution >= 0.6 is 0 Å². The Labute approximate surface area is 248 Å². The quantitative estimate of drug-likeness (QED) is 0.190. The predicted octanol–water partition coefficient (Wildman–Crippen LogP) is 1.57. The Kier molecular flexibility index (Phi) is 21.8. The lowest BCUT2D eigenvalue weighted by molar-refractivity contribution is -0.149. The molecular formula is C29H40O14. The molecule has 2 aromatic carbocycles. The number of aliphatic hydroxyl groups excluding tert-OH is 4. The monoisotopic (exact) mass is 612 g/mol. The third kappa shape index (κ3) is 20.7. The maximum absolute atomic E-state index is 9.60. The second kappa shape index (κ2) is 21.9. The van der Waals surface area contributed by atoms with Crippen molar-refractivity contribution in [1.29, 1.82) is 0 Å². The Morgan fingerprint density at radius 1 is 0.628 bits per heavy atom. The van der Waals surface area contributed by atoms with Crippen LogP contribution in [0.15, 0.2) is 72.8 Å².